The van der Waals surface area contributed by atoms with Crippen LogP contribution in [0.2, 0.25) is 0 Å². The normalized spacial score (nSPS) is 9.57. The number of unbranched alkanes of at least 4 members (excludes halogenated alkanes) is 15. The molecule has 0 aromatic heterocycles. The van der Waals surface area contributed by atoms with Gasteiger partial charge in [-0.2, -0.15) is 0 Å². The molecule has 6 heteroatoms. The molecule has 0 fully saturated rings. The highest BCUT2D eigenvalue weighted by molar-refractivity contribution is 5.75. The van der Waals surface area contributed by atoms with E-state index in [1.165, 1.54) is 103 Å². The zero-order chi connectivity index (χ0) is 29.0. The molecule has 0 spiro atoms. The number of carbonyl (C=O) groups is 3. The fraction of sp³-hybridized carbons (Fsp3) is 0.903. The van der Waals surface area contributed by atoms with E-state index in [-0.39, 0.29) is 17.7 Å². The van der Waals surface area contributed by atoms with Gasteiger partial charge in [0.1, 0.15) is 0 Å². The van der Waals surface area contributed by atoms with Crippen molar-refractivity contribution in [1.82, 2.24) is 5.32 Å². The first-order chi connectivity index (χ1) is 17.7. The molecular formula is C31H67N3O3. The van der Waals surface area contributed by atoms with Crippen LogP contribution in [-0.2, 0) is 14.4 Å². The molecule has 0 aliphatic rings. The Morgan fingerprint density at radius 2 is 0.838 bits per heavy atom. The molecule has 0 bridgehead atoms. The van der Waals surface area contributed by atoms with E-state index in [0.29, 0.717) is 12.8 Å². The maximum absolute atomic E-state index is 11.7. The molecule has 0 aliphatic carbocycles. The lowest BCUT2D eigenvalue weighted by Gasteiger charge is -2.05. The number of hydrogen-bond acceptors (Lipinski definition) is 3. The molecule has 0 saturated carbocycles. The monoisotopic (exact) mass is 530 g/mol. The third-order valence-corrected chi connectivity index (χ3v) is 5.64. The van der Waals surface area contributed by atoms with E-state index >= 15 is 0 Å². The minimum atomic E-state index is -0.333. The third kappa shape index (κ3) is 66.0. The summed E-state index contributed by atoms with van der Waals surface area (Å²) in [5.74, 6) is -0.406. The SMILES string of the molecule is CC(N)=O.CCCC.CCCCC.CCCCCCCCCCCCCC(=O)NCCCCCC(N)=O. The predicted molar refractivity (Wildman–Crippen MR) is 162 cm³/mol. The average molecular weight is 530 g/mol. The van der Waals surface area contributed by atoms with Gasteiger partial charge < -0.3 is 16.8 Å². The van der Waals surface area contributed by atoms with Crippen LogP contribution in [0.25, 0.3) is 0 Å². The summed E-state index contributed by atoms with van der Waals surface area (Å²) in [5.41, 5.74) is 9.55. The Kier molecular flexibility index (Phi) is 47.7. The van der Waals surface area contributed by atoms with E-state index in [9.17, 15) is 14.4 Å². The van der Waals surface area contributed by atoms with Crippen LogP contribution in [0.4, 0.5) is 0 Å². The number of carbonyl (C=O) groups excluding carboxylic acids is 3. The Hall–Kier alpha value is -1.59. The van der Waals surface area contributed by atoms with Gasteiger partial charge in [-0.1, -0.05) is 137 Å². The van der Waals surface area contributed by atoms with Gasteiger partial charge in [0.25, 0.3) is 0 Å². The number of nitrogens with one attached hydrogen (secondary N) is 1. The molecule has 0 aliphatic heterocycles. The fourth-order valence-electron chi connectivity index (χ4n) is 3.22. The highest BCUT2D eigenvalue weighted by Crippen LogP contribution is 2.11. The van der Waals surface area contributed by atoms with Crippen molar-refractivity contribution in [2.45, 2.75) is 176 Å². The molecule has 224 valence electrons. The van der Waals surface area contributed by atoms with Crippen LogP contribution in [0.15, 0.2) is 0 Å². The molecule has 0 aromatic rings. The molecule has 37 heavy (non-hydrogen) atoms. The largest absolute Gasteiger partial charge is 0.370 e. The second-order valence-electron chi connectivity index (χ2n) is 9.88. The first-order valence-electron chi connectivity index (χ1n) is 15.5. The fourth-order valence-corrected chi connectivity index (χ4v) is 3.22. The van der Waals surface area contributed by atoms with Gasteiger partial charge in [0.05, 0.1) is 0 Å². The number of primary amides is 2. The first kappa shape index (κ1) is 42.5. The summed E-state index contributed by atoms with van der Waals surface area (Å²) in [7, 11) is 0. The van der Waals surface area contributed by atoms with Crippen molar-refractivity contribution in [3.8, 4) is 0 Å². The molecule has 3 amide bonds. The number of amides is 3. The van der Waals surface area contributed by atoms with Crippen LogP contribution in [0.3, 0.4) is 0 Å². The molecule has 0 unspecified atom stereocenters. The number of hydrogen-bond donors (Lipinski definition) is 3. The van der Waals surface area contributed by atoms with Crippen molar-refractivity contribution in [2.24, 2.45) is 11.5 Å². The second-order valence-corrected chi connectivity index (χ2v) is 9.88. The van der Waals surface area contributed by atoms with Gasteiger partial charge in [0.2, 0.25) is 17.7 Å². The van der Waals surface area contributed by atoms with E-state index < -0.39 is 0 Å². The lowest BCUT2D eigenvalue weighted by atomic mass is 10.1. The summed E-state index contributed by atoms with van der Waals surface area (Å²) in [6.07, 6.45) is 24.9. The Bertz CT molecular complexity index is 449. The van der Waals surface area contributed by atoms with Crippen molar-refractivity contribution in [1.29, 1.82) is 0 Å². The average Bonchev–Trinajstić information content (AvgIpc) is 2.85. The maximum atomic E-state index is 11.7. The Labute approximate surface area is 231 Å². The minimum Gasteiger partial charge on any atom is -0.370 e. The maximum Gasteiger partial charge on any atom is 0.219 e. The van der Waals surface area contributed by atoms with E-state index in [0.717, 1.165) is 32.2 Å². The van der Waals surface area contributed by atoms with Gasteiger partial charge >= 0.3 is 0 Å². The Morgan fingerprint density at radius 1 is 0.486 bits per heavy atom. The number of nitrogens with two attached hydrogens (primary N) is 2. The smallest absolute Gasteiger partial charge is 0.219 e. The van der Waals surface area contributed by atoms with Gasteiger partial charge in [-0.05, 0) is 19.3 Å². The van der Waals surface area contributed by atoms with E-state index in [1.54, 1.807) is 0 Å². The lowest BCUT2D eigenvalue weighted by Crippen LogP contribution is -2.24. The predicted octanol–water partition coefficient (Wildman–Crippen LogP) is 8.34. The summed E-state index contributed by atoms with van der Waals surface area (Å²) < 4.78 is 0. The summed E-state index contributed by atoms with van der Waals surface area (Å²) in [6.45, 7) is 13.1. The molecule has 6 nitrogen and oxygen atoms in total. The van der Waals surface area contributed by atoms with Crippen LogP contribution < -0.4 is 16.8 Å². The van der Waals surface area contributed by atoms with Gasteiger partial charge in [0.15, 0.2) is 0 Å². The highest BCUT2D eigenvalue weighted by atomic mass is 16.2. The van der Waals surface area contributed by atoms with Crippen molar-refractivity contribution in [3.63, 3.8) is 0 Å². The van der Waals surface area contributed by atoms with E-state index in [2.05, 4.69) is 45.7 Å². The zero-order valence-electron chi connectivity index (χ0n) is 25.9. The Morgan fingerprint density at radius 3 is 1.19 bits per heavy atom. The van der Waals surface area contributed by atoms with Gasteiger partial charge in [-0.3, -0.25) is 14.4 Å². The molecule has 0 rings (SSSR count). The second kappa shape index (κ2) is 41.5. The molecule has 0 atom stereocenters. The molecule has 0 saturated heterocycles. The van der Waals surface area contributed by atoms with Crippen LogP contribution in [-0.4, -0.2) is 24.3 Å². The van der Waals surface area contributed by atoms with Crippen molar-refractivity contribution in [3.05, 3.63) is 0 Å². The van der Waals surface area contributed by atoms with Crippen LogP contribution in [0.5, 0.6) is 0 Å². The van der Waals surface area contributed by atoms with Crippen molar-refractivity contribution < 1.29 is 14.4 Å². The van der Waals surface area contributed by atoms with Crippen LogP contribution in [0.1, 0.15) is 176 Å². The molecule has 0 heterocycles. The molecule has 0 radical (unpaired) electrons. The molecule has 0 aromatic carbocycles. The highest BCUT2D eigenvalue weighted by Gasteiger charge is 2.01. The first-order valence-corrected chi connectivity index (χ1v) is 15.5. The molecule has 5 N–H and O–H groups in total. The van der Waals surface area contributed by atoms with E-state index in [1.807, 2.05) is 0 Å². The summed E-state index contributed by atoms with van der Waals surface area (Å²) in [5, 5.41) is 2.95. The van der Waals surface area contributed by atoms with E-state index in [4.69, 9.17) is 5.73 Å². The standard InChI is InChI=1S/C20H40N2O2.C5H12.C4H10.C2H5NO/c1-2-3-4-5-6-7-8-9-10-11-14-17-20(24)22-18-15-12-13-16-19(21)23;1-3-5-4-2;1-3-4-2;1-2(3)4/h2-18H2,1H3,(H2,21,23)(H,22,24);3-5H2,1-2H3;3-4H2,1-2H3;1H3,(H2,3,4). The third-order valence-electron chi connectivity index (χ3n) is 5.64. The lowest BCUT2D eigenvalue weighted by molar-refractivity contribution is -0.121. The van der Waals surface area contributed by atoms with Crippen LogP contribution in [0, 0.1) is 0 Å². The Balaban J connectivity index is -0.000000343. The summed E-state index contributed by atoms with van der Waals surface area (Å²) >= 11 is 0. The zero-order valence-corrected chi connectivity index (χ0v) is 25.9. The summed E-state index contributed by atoms with van der Waals surface area (Å²) in [4.78, 5) is 31.5. The quantitative estimate of drug-likeness (QED) is 0.130. The van der Waals surface area contributed by atoms with Gasteiger partial charge in [-0.15, -0.1) is 0 Å². The van der Waals surface area contributed by atoms with Crippen molar-refractivity contribution >= 4 is 17.7 Å². The molecular weight excluding hydrogens is 462 g/mol. The summed E-state index contributed by atoms with van der Waals surface area (Å²) in [6, 6.07) is 0. The topological polar surface area (TPSA) is 115 Å². The minimum absolute atomic E-state index is 0.167. The van der Waals surface area contributed by atoms with Gasteiger partial charge in [-0.25, -0.2) is 0 Å². The number of rotatable bonds is 21. The van der Waals surface area contributed by atoms with Crippen molar-refractivity contribution in [2.75, 3.05) is 6.54 Å². The van der Waals surface area contributed by atoms with Crippen LogP contribution >= 0.6 is 0 Å². The van der Waals surface area contributed by atoms with Gasteiger partial charge in [0, 0.05) is 26.3 Å².